The SMILES string of the molecule is CC(C)CC(=O)Nc1ccccc1O[C@@H]1CCOC1. The molecule has 104 valence electrons. The maximum Gasteiger partial charge on any atom is 0.224 e. The van der Waals surface area contributed by atoms with Crippen LogP contribution in [0.3, 0.4) is 0 Å². The van der Waals surface area contributed by atoms with Crippen LogP contribution in [-0.2, 0) is 9.53 Å². The Bertz CT molecular complexity index is 425. The molecular weight excluding hydrogens is 242 g/mol. The van der Waals surface area contributed by atoms with E-state index in [1.807, 2.05) is 38.1 Å². The predicted octanol–water partition coefficient (Wildman–Crippen LogP) is 2.84. The van der Waals surface area contributed by atoms with Crippen LogP contribution in [0.4, 0.5) is 5.69 Å². The van der Waals surface area contributed by atoms with E-state index in [2.05, 4.69) is 5.32 Å². The number of benzene rings is 1. The van der Waals surface area contributed by atoms with Gasteiger partial charge in [0.05, 0.1) is 18.9 Å². The largest absolute Gasteiger partial charge is 0.486 e. The number of carbonyl (C=O) groups is 1. The second-order valence-electron chi connectivity index (χ2n) is 5.25. The molecule has 1 aromatic carbocycles. The summed E-state index contributed by atoms with van der Waals surface area (Å²) in [6, 6.07) is 7.54. The number of hydrogen-bond donors (Lipinski definition) is 1. The molecular formula is C15H21NO3. The molecule has 0 spiro atoms. The van der Waals surface area contributed by atoms with Crippen LogP contribution in [-0.4, -0.2) is 25.2 Å². The van der Waals surface area contributed by atoms with Crippen molar-refractivity contribution in [3.8, 4) is 5.75 Å². The van der Waals surface area contributed by atoms with Crippen LogP contribution >= 0.6 is 0 Å². The Morgan fingerprint density at radius 2 is 2.26 bits per heavy atom. The summed E-state index contributed by atoms with van der Waals surface area (Å²) in [5, 5.41) is 2.91. The predicted molar refractivity (Wildman–Crippen MR) is 74.4 cm³/mol. The Hall–Kier alpha value is -1.55. The lowest BCUT2D eigenvalue weighted by Crippen LogP contribution is -2.18. The van der Waals surface area contributed by atoms with Gasteiger partial charge in [-0.1, -0.05) is 26.0 Å². The normalized spacial score (nSPS) is 18.6. The molecule has 0 radical (unpaired) electrons. The lowest BCUT2D eigenvalue weighted by Gasteiger charge is -2.16. The topological polar surface area (TPSA) is 47.6 Å². The molecule has 1 saturated heterocycles. The van der Waals surface area contributed by atoms with E-state index >= 15 is 0 Å². The van der Waals surface area contributed by atoms with Crippen molar-refractivity contribution in [2.45, 2.75) is 32.8 Å². The van der Waals surface area contributed by atoms with Crippen molar-refractivity contribution >= 4 is 11.6 Å². The molecule has 19 heavy (non-hydrogen) atoms. The Morgan fingerprint density at radius 3 is 2.95 bits per heavy atom. The van der Waals surface area contributed by atoms with Gasteiger partial charge in [0.1, 0.15) is 11.9 Å². The van der Waals surface area contributed by atoms with Crippen LogP contribution in [0.25, 0.3) is 0 Å². The number of anilines is 1. The number of para-hydroxylation sites is 2. The first-order chi connectivity index (χ1) is 9.15. The minimum atomic E-state index is 0.0220. The monoisotopic (exact) mass is 263 g/mol. The summed E-state index contributed by atoms with van der Waals surface area (Å²) in [7, 11) is 0. The lowest BCUT2D eigenvalue weighted by molar-refractivity contribution is -0.116. The molecule has 0 bridgehead atoms. The van der Waals surface area contributed by atoms with E-state index in [0.29, 0.717) is 18.9 Å². The highest BCUT2D eigenvalue weighted by molar-refractivity contribution is 5.92. The van der Waals surface area contributed by atoms with Crippen LogP contribution in [0.5, 0.6) is 5.75 Å². The van der Waals surface area contributed by atoms with E-state index < -0.39 is 0 Å². The van der Waals surface area contributed by atoms with Crippen LogP contribution in [0.15, 0.2) is 24.3 Å². The number of nitrogens with one attached hydrogen (secondary N) is 1. The van der Waals surface area contributed by atoms with Gasteiger partial charge in [0.25, 0.3) is 0 Å². The highest BCUT2D eigenvalue weighted by atomic mass is 16.5. The van der Waals surface area contributed by atoms with Gasteiger partial charge in [-0.05, 0) is 18.1 Å². The molecule has 1 heterocycles. The third-order valence-electron chi connectivity index (χ3n) is 2.94. The molecule has 1 aromatic rings. The fourth-order valence-corrected chi connectivity index (χ4v) is 2.03. The molecule has 1 aliphatic heterocycles. The molecule has 1 amide bonds. The van der Waals surface area contributed by atoms with Crippen molar-refractivity contribution in [3.05, 3.63) is 24.3 Å². The molecule has 0 saturated carbocycles. The fraction of sp³-hybridized carbons (Fsp3) is 0.533. The minimum absolute atomic E-state index is 0.0220. The van der Waals surface area contributed by atoms with Crippen LogP contribution in [0.1, 0.15) is 26.7 Å². The molecule has 2 rings (SSSR count). The summed E-state index contributed by atoms with van der Waals surface area (Å²) in [6.45, 7) is 5.41. The number of amides is 1. The van der Waals surface area contributed by atoms with Gasteiger partial charge in [-0.15, -0.1) is 0 Å². The van der Waals surface area contributed by atoms with E-state index in [0.717, 1.165) is 24.5 Å². The van der Waals surface area contributed by atoms with Gasteiger partial charge >= 0.3 is 0 Å². The summed E-state index contributed by atoms with van der Waals surface area (Å²) in [5.41, 5.74) is 0.736. The molecule has 1 atom stereocenters. The molecule has 4 nitrogen and oxygen atoms in total. The van der Waals surface area contributed by atoms with Gasteiger partial charge in [-0.3, -0.25) is 4.79 Å². The van der Waals surface area contributed by atoms with E-state index in [-0.39, 0.29) is 12.0 Å². The molecule has 1 fully saturated rings. The number of hydrogen-bond acceptors (Lipinski definition) is 3. The zero-order chi connectivity index (χ0) is 13.7. The number of ether oxygens (including phenoxy) is 2. The lowest BCUT2D eigenvalue weighted by atomic mass is 10.1. The first kappa shape index (κ1) is 13.9. The second kappa shape index (κ2) is 6.57. The van der Waals surface area contributed by atoms with Gasteiger partial charge in [0.2, 0.25) is 5.91 Å². The molecule has 0 unspecified atom stereocenters. The molecule has 4 heteroatoms. The van der Waals surface area contributed by atoms with Crippen molar-refractivity contribution in [3.63, 3.8) is 0 Å². The van der Waals surface area contributed by atoms with Crippen molar-refractivity contribution < 1.29 is 14.3 Å². The summed E-state index contributed by atoms with van der Waals surface area (Å²) in [5.74, 6) is 1.08. The highest BCUT2D eigenvalue weighted by Crippen LogP contribution is 2.26. The molecule has 1 N–H and O–H groups in total. The average molecular weight is 263 g/mol. The summed E-state index contributed by atoms with van der Waals surface area (Å²) in [4.78, 5) is 11.8. The van der Waals surface area contributed by atoms with E-state index in [9.17, 15) is 4.79 Å². The van der Waals surface area contributed by atoms with Crippen molar-refractivity contribution in [1.82, 2.24) is 0 Å². The molecule has 0 aromatic heterocycles. The standard InChI is InChI=1S/C15H21NO3/c1-11(2)9-15(17)16-13-5-3-4-6-14(13)19-12-7-8-18-10-12/h3-6,11-12H,7-10H2,1-2H3,(H,16,17)/t12-/m1/s1. The Morgan fingerprint density at radius 1 is 1.47 bits per heavy atom. The maximum absolute atomic E-state index is 11.8. The van der Waals surface area contributed by atoms with Crippen molar-refractivity contribution in [1.29, 1.82) is 0 Å². The number of carbonyl (C=O) groups excluding carboxylic acids is 1. The van der Waals surface area contributed by atoms with E-state index in [1.165, 1.54) is 0 Å². The summed E-state index contributed by atoms with van der Waals surface area (Å²) < 4.78 is 11.2. The maximum atomic E-state index is 11.8. The summed E-state index contributed by atoms with van der Waals surface area (Å²) in [6.07, 6.45) is 1.50. The van der Waals surface area contributed by atoms with E-state index in [4.69, 9.17) is 9.47 Å². The van der Waals surface area contributed by atoms with Gasteiger partial charge < -0.3 is 14.8 Å². The van der Waals surface area contributed by atoms with Crippen LogP contribution < -0.4 is 10.1 Å². The Balaban J connectivity index is 2.00. The van der Waals surface area contributed by atoms with Crippen molar-refractivity contribution in [2.75, 3.05) is 18.5 Å². The Kier molecular flexibility index (Phi) is 4.80. The quantitative estimate of drug-likeness (QED) is 0.888. The minimum Gasteiger partial charge on any atom is -0.486 e. The molecule has 0 aliphatic carbocycles. The van der Waals surface area contributed by atoms with Crippen LogP contribution in [0, 0.1) is 5.92 Å². The van der Waals surface area contributed by atoms with Gasteiger partial charge in [0, 0.05) is 12.8 Å². The number of rotatable bonds is 5. The van der Waals surface area contributed by atoms with E-state index in [1.54, 1.807) is 0 Å². The average Bonchev–Trinajstić information content (AvgIpc) is 2.83. The fourth-order valence-electron chi connectivity index (χ4n) is 2.03. The second-order valence-corrected chi connectivity index (χ2v) is 5.25. The summed E-state index contributed by atoms with van der Waals surface area (Å²) >= 11 is 0. The zero-order valence-corrected chi connectivity index (χ0v) is 11.5. The van der Waals surface area contributed by atoms with Crippen molar-refractivity contribution in [2.24, 2.45) is 5.92 Å². The third-order valence-corrected chi connectivity index (χ3v) is 2.94. The third kappa shape index (κ3) is 4.24. The highest BCUT2D eigenvalue weighted by Gasteiger charge is 2.19. The van der Waals surface area contributed by atoms with Gasteiger partial charge in [-0.25, -0.2) is 0 Å². The Labute approximate surface area is 114 Å². The molecule has 1 aliphatic rings. The smallest absolute Gasteiger partial charge is 0.224 e. The van der Waals surface area contributed by atoms with Gasteiger partial charge in [0.15, 0.2) is 0 Å². The van der Waals surface area contributed by atoms with Gasteiger partial charge in [-0.2, -0.15) is 0 Å². The first-order valence-corrected chi connectivity index (χ1v) is 6.78. The first-order valence-electron chi connectivity index (χ1n) is 6.78. The van der Waals surface area contributed by atoms with Crippen LogP contribution in [0.2, 0.25) is 0 Å². The zero-order valence-electron chi connectivity index (χ0n) is 11.5.